The Bertz CT molecular complexity index is 1640. The number of aliphatic hydroxyl groups is 1. The number of carbonyl (C=O) groups is 6. The summed E-state index contributed by atoms with van der Waals surface area (Å²) in [5.41, 5.74) is -6.26. The summed E-state index contributed by atoms with van der Waals surface area (Å²) in [6.45, 7) is 12.0. The Morgan fingerprint density at radius 3 is 1.88 bits per heavy atom. The molecule has 3 aliphatic carbocycles. The molecule has 51 heavy (non-hydrogen) atoms. The minimum Gasteiger partial charge on any atom is -0.462 e. The van der Waals surface area contributed by atoms with Crippen molar-refractivity contribution in [2.24, 2.45) is 16.7 Å². The zero-order chi connectivity index (χ0) is 37.8. The zero-order valence-electron chi connectivity index (χ0n) is 30.3. The van der Waals surface area contributed by atoms with Crippen molar-refractivity contribution < 1.29 is 67.0 Å². The molecule has 0 amide bonds. The van der Waals surface area contributed by atoms with Crippen molar-refractivity contribution in [1.82, 2.24) is 0 Å². The van der Waals surface area contributed by atoms with Gasteiger partial charge in [-0.3, -0.25) is 24.0 Å². The Morgan fingerprint density at radius 1 is 0.804 bits per heavy atom. The summed E-state index contributed by atoms with van der Waals surface area (Å²) in [6, 6.07) is 8.03. The highest BCUT2D eigenvalue weighted by atomic mass is 16.6. The van der Waals surface area contributed by atoms with E-state index in [4.69, 9.17) is 33.2 Å². The minimum absolute atomic E-state index is 0.0531. The standard InChI is InChI=1S/C37H46O14/c1-18-25(46-19(2)38)16-36(34(7,8)44)28(18)29(48-21(4)40)31(50-33(43)24-13-11-10-12-14-24)35(9)26(47-20(3)39)15-27-37(17-45-27,51-23(6)42)30(35)32(36)49-22(5)41/h10-14,25-27,29-32,44H,15-17H2,1-9H3/t25-,26-,27+,29+,30-,31-,32-,35+,36-,37-/m0/s1. The summed E-state index contributed by atoms with van der Waals surface area (Å²) in [7, 11) is 0. The van der Waals surface area contributed by atoms with Gasteiger partial charge in [-0.1, -0.05) is 25.1 Å². The molecule has 10 atom stereocenters. The van der Waals surface area contributed by atoms with E-state index in [1.54, 1.807) is 32.0 Å². The van der Waals surface area contributed by atoms with Crippen molar-refractivity contribution in [3.8, 4) is 0 Å². The van der Waals surface area contributed by atoms with E-state index in [2.05, 4.69) is 0 Å². The predicted molar refractivity (Wildman–Crippen MR) is 174 cm³/mol. The molecular formula is C37H46O14. The number of rotatable bonds is 8. The summed E-state index contributed by atoms with van der Waals surface area (Å²) in [5.74, 6) is -5.74. The minimum atomic E-state index is -1.87. The maximum atomic E-state index is 14.1. The number of fused-ring (bicyclic) bond motifs is 4. The third-order valence-electron chi connectivity index (χ3n) is 11.1. The Labute approximate surface area is 296 Å². The first-order chi connectivity index (χ1) is 23.7. The van der Waals surface area contributed by atoms with Crippen molar-refractivity contribution in [2.75, 3.05) is 6.61 Å². The van der Waals surface area contributed by atoms with Gasteiger partial charge in [-0.25, -0.2) is 4.79 Å². The Balaban J connectivity index is 1.97. The summed E-state index contributed by atoms with van der Waals surface area (Å²) < 4.78 is 42.9. The molecule has 1 heterocycles. The highest BCUT2D eigenvalue weighted by Crippen LogP contribution is 2.69. The lowest BCUT2D eigenvalue weighted by Gasteiger charge is -2.65. The second-order valence-corrected chi connectivity index (χ2v) is 14.7. The first-order valence-electron chi connectivity index (χ1n) is 16.9. The average Bonchev–Trinajstić information content (AvgIpc) is 3.26. The molecule has 1 saturated heterocycles. The summed E-state index contributed by atoms with van der Waals surface area (Å²) >= 11 is 0. The fourth-order valence-electron chi connectivity index (χ4n) is 9.28. The smallest absolute Gasteiger partial charge is 0.338 e. The maximum Gasteiger partial charge on any atom is 0.338 e. The van der Waals surface area contributed by atoms with Gasteiger partial charge in [0.15, 0.2) is 17.8 Å². The van der Waals surface area contributed by atoms with Crippen molar-refractivity contribution in [3.05, 3.63) is 47.0 Å². The monoisotopic (exact) mass is 714 g/mol. The van der Waals surface area contributed by atoms with Crippen LogP contribution in [0.15, 0.2) is 41.5 Å². The maximum absolute atomic E-state index is 14.1. The molecule has 14 nitrogen and oxygen atoms in total. The van der Waals surface area contributed by atoms with E-state index >= 15 is 0 Å². The Morgan fingerprint density at radius 2 is 1.39 bits per heavy atom. The van der Waals surface area contributed by atoms with Gasteiger partial charge in [0.05, 0.1) is 34.5 Å². The van der Waals surface area contributed by atoms with Crippen LogP contribution in [0.5, 0.6) is 0 Å². The second-order valence-electron chi connectivity index (χ2n) is 14.7. The van der Waals surface area contributed by atoms with Crippen LogP contribution in [-0.4, -0.2) is 95.4 Å². The van der Waals surface area contributed by atoms with Crippen LogP contribution in [0.3, 0.4) is 0 Å². The van der Waals surface area contributed by atoms with Gasteiger partial charge in [-0.2, -0.15) is 0 Å². The first kappa shape index (κ1) is 37.9. The molecule has 0 aromatic heterocycles. The van der Waals surface area contributed by atoms with E-state index < -0.39 is 100 Å². The SMILES string of the molecule is CC(=O)O[C@H]1C[C@]2(C(C)(C)O)C(=C1C)[C@@H](OC(C)=O)[C@H](OC(=O)c1ccccc1)[C@]1(C)[C@@H](OC(C)=O)C[C@H]3OC[C@@]3(OC(C)=O)[C@H]1[C@@H]2OC(C)=O. The van der Waals surface area contributed by atoms with Crippen LogP contribution >= 0.6 is 0 Å². The van der Waals surface area contributed by atoms with E-state index in [9.17, 15) is 33.9 Å². The number of hydrogen-bond donors (Lipinski definition) is 1. The number of ether oxygens (including phenoxy) is 7. The van der Waals surface area contributed by atoms with Gasteiger partial charge in [0, 0.05) is 47.5 Å². The molecule has 1 aromatic carbocycles. The summed E-state index contributed by atoms with van der Waals surface area (Å²) in [6.07, 6.45) is -7.92. The van der Waals surface area contributed by atoms with E-state index in [1.165, 1.54) is 53.7 Å². The quantitative estimate of drug-likeness (QED) is 0.235. The third kappa shape index (κ3) is 6.19. The normalized spacial score (nSPS) is 35.4. The van der Waals surface area contributed by atoms with Gasteiger partial charge >= 0.3 is 35.8 Å². The molecule has 278 valence electrons. The second kappa shape index (κ2) is 13.4. The van der Waals surface area contributed by atoms with E-state index in [1.807, 2.05) is 0 Å². The number of carbonyl (C=O) groups excluding carboxylic acids is 6. The average molecular weight is 715 g/mol. The molecule has 0 unspecified atom stereocenters. The molecule has 0 radical (unpaired) electrons. The lowest BCUT2D eigenvalue weighted by Crippen LogP contribution is -2.79. The first-order valence-corrected chi connectivity index (χ1v) is 16.9. The highest BCUT2D eigenvalue weighted by molar-refractivity contribution is 5.89. The largest absolute Gasteiger partial charge is 0.462 e. The van der Waals surface area contributed by atoms with Crippen LogP contribution in [0.25, 0.3) is 0 Å². The summed E-state index contributed by atoms with van der Waals surface area (Å²) in [5, 5.41) is 12.5. The molecular weight excluding hydrogens is 668 g/mol. The molecule has 1 aliphatic heterocycles. The lowest BCUT2D eigenvalue weighted by molar-refractivity contribution is -0.352. The van der Waals surface area contributed by atoms with E-state index in [0.717, 1.165) is 6.92 Å². The van der Waals surface area contributed by atoms with Gasteiger partial charge in [-0.05, 0) is 44.1 Å². The lowest BCUT2D eigenvalue weighted by atomic mass is 9.49. The Kier molecular flexibility index (Phi) is 9.93. The topological polar surface area (TPSA) is 187 Å². The molecule has 1 N–H and O–H groups in total. The molecule has 1 aromatic rings. The number of benzene rings is 1. The van der Waals surface area contributed by atoms with Crippen molar-refractivity contribution in [1.29, 1.82) is 0 Å². The van der Waals surface area contributed by atoms with Crippen molar-refractivity contribution in [2.45, 2.75) is 123 Å². The van der Waals surface area contributed by atoms with Crippen LogP contribution in [0, 0.1) is 16.7 Å². The Hall–Kier alpha value is -4.30. The van der Waals surface area contributed by atoms with Gasteiger partial charge in [0.25, 0.3) is 0 Å². The summed E-state index contributed by atoms with van der Waals surface area (Å²) in [4.78, 5) is 78.9. The fraction of sp³-hybridized carbons (Fsp3) is 0.622. The van der Waals surface area contributed by atoms with Crippen molar-refractivity contribution >= 4 is 35.8 Å². The fourth-order valence-corrected chi connectivity index (χ4v) is 9.28. The molecule has 2 saturated carbocycles. The van der Waals surface area contributed by atoms with Gasteiger partial charge in [-0.15, -0.1) is 0 Å². The van der Waals surface area contributed by atoms with Crippen LogP contribution in [0.1, 0.15) is 85.5 Å². The van der Waals surface area contributed by atoms with Crippen LogP contribution < -0.4 is 0 Å². The number of hydrogen-bond acceptors (Lipinski definition) is 14. The number of esters is 6. The molecule has 0 spiro atoms. The third-order valence-corrected chi connectivity index (χ3v) is 11.1. The van der Waals surface area contributed by atoms with Gasteiger partial charge < -0.3 is 38.3 Å². The molecule has 14 heteroatoms. The van der Waals surface area contributed by atoms with Crippen LogP contribution in [0.2, 0.25) is 0 Å². The van der Waals surface area contributed by atoms with E-state index in [-0.39, 0.29) is 30.6 Å². The van der Waals surface area contributed by atoms with E-state index in [0.29, 0.717) is 5.57 Å². The van der Waals surface area contributed by atoms with Crippen LogP contribution in [0.4, 0.5) is 0 Å². The van der Waals surface area contributed by atoms with Gasteiger partial charge in [0.1, 0.15) is 24.4 Å². The molecule has 4 aliphatic rings. The molecule has 0 bridgehead atoms. The molecule has 5 rings (SSSR count). The molecule has 3 fully saturated rings. The van der Waals surface area contributed by atoms with Crippen LogP contribution in [-0.2, 0) is 57.1 Å². The zero-order valence-corrected chi connectivity index (χ0v) is 30.3. The predicted octanol–water partition coefficient (Wildman–Crippen LogP) is 3.16. The van der Waals surface area contributed by atoms with Gasteiger partial charge in [0.2, 0.25) is 0 Å². The highest BCUT2D eigenvalue weighted by Gasteiger charge is 2.81. The van der Waals surface area contributed by atoms with Crippen molar-refractivity contribution in [3.63, 3.8) is 0 Å².